The van der Waals surface area contributed by atoms with Gasteiger partial charge in [-0.25, -0.2) is 4.68 Å². The van der Waals surface area contributed by atoms with E-state index in [2.05, 4.69) is 41.4 Å². The summed E-state index contributed by atoms with van der Waals surface area (Å²) >= 11 is 1.67. The number of thiazole rings is 1. The number of hydrogen-bond acceptors (Lipinski definition) is 5. The molecule has 3 heterocycles. The summed E-state index contributed by atoms with van der Waals surface area (Å²) in [5, 5.41) is 8.78. The van der Waals surface area contributed by atoms with E-state index in [0.29, 0.717) is 6.54 Å². The summed E-state index contributed by atoms with van der Waals surface area (Å²) in [5.74, 6) is 0.0365. The first-order valence-corrected chi connectivity index (χ1v) is 11.9. The summed E-state index contributed by atoms with van der Waals surface area (Å²) < 4.78 is 3.03. The van der Waals surface area contributed by atoms with Crippen LogP contribution in [0.5, 0.6) is 0 Å². The Morgan fingerprint density at radius 2 is 1.91 bits per heavy atom. The summed E-state index contributed by atoms with van der Waals surface area (Å²) in [7, 11) is 0. The van der Waals surface area contributed by atoms with E-state index < -0.39 is 0 Å². The molecule has 5 rings (SSSR count). The summed E-state index contributed by atoms with van der Waals surface area (Å²) in [5.41, 5.74) is 6.10. The van der Waals surface area contributed by atoms with E-state index >= 15 is 0 Å². The zero-order valence-corrected chi connectivity index (χ0v) is 19.4. The molecule has 1 atom stereocenters. The molecule has 32 heavy (non-hydrogen) atoms. The third-order valence-corrected chi connectivity index (χ3v) is 7.22. The lowest BCUT2D eigenvalue weighted by atomic mass is 9.97. The number of nitrogens with one attached hydrogen (secondary N) is 1. The standard InChI is InChI=1S/C25H27N5OS/c1-16-9-11-21(12-10-16)30-23-22(18(3)28-30)32-25(27-23)29-13-5-7-19(15-29)24(31)26-20-8-4-6-17(2)14-20/h4,6,8-12,14,19H,5,7,13,15H2,1-3H3,(H,26,31)/t19-/m1/s1. The fourth-order valence-corrected chi connectivity index (χ4v) is 5.28. The van der Waals surface area contributed by atoms with Crippen LogP contribution in [-0.4, -0.2) is 33.8 Å². The van der Waals surface area contributed by atoms with Crippen LogP contribution in [0.15, 0.2) is 48.5 Å². The lowest BCUT2D eigenvalue weighted by Gasteiger charge is -2.31. The Hall–Kier alpha value is -3.19. The van der Waals surface area contributed by atoms with Crippen LogP contribution in [0.2, 0.25) is 0 Å². The molecule has 4 aromatic rings. The highest BCUT2D eigenvalue weighted by molar-refractivity contribution is 7.22. The van der Waals surface area contributed by atoms with Gasteiger partial charge >= 0.3 is 0 Å². The van der Waals surface area contributed by atoms with Crippen molar-refractivity contribution in [3.63, 3.8) is 0 Å². The van der Waals surface area contributed by atoms with Crippen LogP contribution < -0.4 is 10.2 Å². The predicted molar refractivity (Wildman–Crippen MR) is 131 cm³/mol. The van der Waals surface area contributed by atoms with Gasteiger partial charge in [-0.1, -0.05) is 41.2 Å². The second-order valence-corrected chi connectivity index (χ2v) is 9.60. The van der Waals surface area contributed by atoms with E-state index in [1.54, 1.807) is 11.3 Å². The first kappa shape index (κ1) is 20.7. The van der Waals surface area contributed by atoms with Crippen LogP contribution in [0.4, 0.5) is 10.8 Å². The number of piperidine rings is 1. The Morgan fingerprint density at radius 1 is 1.09 bits per heavy atom. The van der Waals surface area contributed by atoms with E-state index in [1.807, 2.05) is 42.8 Å². The molecule has 1 amide bonds. The minimum Gasteiger partial charge on any atom is -0.347 e. The zero-order valence-electron chi connectivity index (χ0n) is 18.6. The van der Waals surface area contributed by atoms with Gasteiger partial charge in [0.1, 0.15) is 0 Å². The van der Waals surface area contributed by atoms with Crippen LogP contribution in [0, 0.1) is 26.7 Å². The maximum Gasteiger partial charge on any atom is 0.229 e. The highest BCUT2D eigenvalue weighted by atomic mass is 32.1. The van der Waals surface area contributed by atoms with Crippen molar-refractivity contribution in [3.05, 3.63) is 65.4 Å². The van der Waals surface area contributed by atoms with Crippen LogP contribution >= 0.6 is 11.3 Å². The van der Waals surface area contributed by atoms with Crippen molar-refractivity contribution in [3.8, 4) is 5.69 Å². The molecule has 1 fully saturated rings. The number of carbonyl (C=O) groups is 1. The quantitative estimate of drug-likeness (QED) is 0.465. The van der Waals surface area contributed by atoms with Crippen molar-refractivity contribution in [2.24, 2.45) is 5.92 Å². The zero-order chi connectivity index (χ0) is 22.2. The van der Waals surface area contributed by atoms with Crippen LogP contribution in [0.25, 0.3) is 16.0 Å². The first-order valence-electron chi connectivity index (χ1n) is 11.0. The molecule has 2 aromatic heterocycles. The van der Waals surface area contributed by atoms with Gasteiger partial charge in [0.2, 0.25) is 5.91 Å². The van der Waals surface area contributed by atoms with Crippen molar-refractivity contribution in [2.45, 2.75) is 33.6 Å². The number of benzene rings is 2. The molecule has 7 heteroatoms. The fraction of sp³-hybridized carbons (Fsp3) is 0.320. The Balaban J connectivity index is 1.37. The van der Waals surface area contributed by atoms with E-state index in [1.165, 1.54) is 5.56 Å². The molecule has 6 nitrogen and oxygen atoms in total. The second-order valence-electron chi connectivity index (χ2n) is 8.63. The number of hydrogen-bond donors (Lipinski definition) is 1. The molecule has 0 radical (unpaired) electrons. The SMILES string of the molecule is Cc1ccc(-n2nc(C)c3sc(N4CCC[C@@H](C(=O)Nc5cccc(C)c5)C4)nc32)cc1. The summed E-state index contributed by atoms with van der Waals surface area (Å²) in [6, 6.07) is 16.3. The largest absolute Gasteiger partial charge is 0.347 e. The Morgan fingerprint density at radius 3 is 2.69 bits per heavy atom. The van der Waals surface area contributed by atoms with Gasteiger partial charge in [0.25, 0.3) is 0 Å². The Bertz CT molecular complexity index is 1270. The number of aromatic nitrogens is 3. The molecular weight excluding hydrogens is 418 g/mol. The van der Waals surface area contributed by atoms with Crippen LogP contribution in [-0.2, 0) is 4.79 Å². The average Bonchev–Trinajstić information content (AvgIpc) is 3.35. The molecule has 1 saturated heterocycles. The number of nitrogens with zero attached hydrogens (tertiary/aromatic N) is 4. The molecule has 0 aliphatic carbocycles. The maximum atomic E-state index is 12.9. The topological polar surface area (TPSA) is 63.1 Å². The van der Waals surface area contributed by atoms with Gasteiger partial charge in [-0.05, 0) is 63.4 Å². The van der Waals surface area contributed by atoms with Gasteiger partial charge < -0.3 is 10.2 Å². The third kappa shape index (κ3) is 4.00. The number of amides is 1. The van der Waals surface area contributed by atoms with E-state index in [9.17, 15) is 4.79 Å². The van der Waals surface area contributed by atoms with E-state index in [4.69, 9.17) is 10.1 Å². The molecule has 164 valence electrons. The molecule has 0 unspecified atom stereocenters. The molecule has 0 spiro atoms. The average molecular weight is 446 g/mol. The molecule has 1 aliphatic rings. The van der Waals surface area contributed by atoms with Crippen molar-refractivity contribution >= 4 is 38.4 Å². The predicted octanol–water partition coefficient (Wildman–Crippen LogP) is 5.26. The fourth-order valence-electron chi connectivity index (χ4n) is 4.26. The van der Waals surface area contributed by atoms with Crippen molar-refractivity contribution in [1.82, 2.24) is 14.8 Å². The molecule has 1 N–H and O–H groups in total. The summed E-state index contributed by atoms with van der Waals surface area (Å²) in [6.07, 6.45) is 1.88. The van der Waals surface area contributed by atoms with Gasteiger partial charge in [-0.2, -0.15) is 10.1 Å². The monoisotopic (exact) mass is 445 g/mol. The first-order chi connectivity index (χ1) is 15.5. The number of anilines is 2. The minimum atomic E-state index is -0.0500. The van der Waals surface area contributed by atoms with Gasteiger partial charge in [0.05, 0.1) is 22.0 Å². The molecule has 0 bridgehead atoms. The molecular formula is C25H27N5OS. The normalized spacial score (nSPS) is 16.5. The number of carbonyl (C=O) groups excluding carboxylic acids is 1. The lowest BCUT2D eigenvalue weighted by Crippen LogP contribution is -2.40. The van der Waals surface area contributed by atoms with Gasteiger partial charge in [-0.15, -0.1) is 0 Å². The second kappa shape index (κ2) is 8.39. The van der Waals surface area contributed by atoms with Gasteiger partial charge in [-0.3, -0.25) is 4.79 Å². The van der Waals surface area contributed by atoms with Crippen LogP contribution in [0.1, 0.15) is 29.7 Å². The van der Waals surface area contributed by atoms with E-state index in [0.717, 1.165) is 57.5 Å². The Kier molecular flexibility index (Phi) is 5.43. The lowest BCUT2D eigenvalue weighted by molar-refractivity contribution is -0.120. The third-order valence-electron chi connectivity index (χ3n) is 6.00. The number of aryl methyl sites for hydroxylation is 3. The number of fused-ring (bicyclic) bond motifs is 1. The van der Waals surface area contributed by atoms with Crippen molar-refractivity contribution in [2.75, 3.05) is 23.3 Å². The highest BCUT2D eigenvalue weighted by Gasteiger charge is 2.28. The molecule has 1 aliphatic heterocycles. The highest BCUT2D eigenvalue weighted by Crippen LogP contribution is 2.34. The summed E-state index contributed by atoms with van der Waals surface area (Å²) in [6.45, 7) is 7.75. The van der Waals surface area contributed by atoms with Gasteiger partial charge in [0, 0.05) is 18.8 Å². The van der Waals surface area contributed by atoms with Crippen molar-refractivity contribution in [1.29, 1.82) is 0 Å². The maximum absolute atomic E-state index is 12.9. The van der Waals surface area contributed by atoms with E-state index in [-0.39, 0.29) is 11.8 Å². The molecule has 2 aromatic carbocycles. The smallest absolute Gasteiger partial charge is 0.229 e. The van der Waals surface area contributed by atoms with Crippen LogP contribution in [0.3, 0.4) is 0 Å². The molecule has 0 saturated carbocycles. The summed E-state index contributed by atoms with van der Waals surface area (Å²) in [4.78, 5) is 20.1. The van der Waals surface area contributed by atoms with Crippen molar-refractivity contribution < 1.29 is 4.79 Å². The number of rotatable bonds is 4. The van der Waals surface area contributed by atoms with Gasteiger partial charge in [0.15, 0.2) is 10.8 Å². The Labute approximate surface area is 191 Å². The minimum absolute atomic E-state index is 0.0500.